The molecule has 2 aromatic rings. The molecule has 1 aromatic carbocycles. The quantitative estimate of drug-likeness (QED) is 0.588. The molecule has 0 saturated carbocycles. The molecule has 0 radical (unpaired) electrons. The van der Waals surface area contributed by atoms with Crippen LogP contribution in [0.15, 0.2) is 40.6 Å². The highest BCUT2D eigenvalue weighted by atomic mass is 32.2. The highest BCUT2D eigenvalue weighted by molar-refractivity contribution is 7.89. The van der Waals surface area contributed by atoms with Gasteiger partial charge in [-0.15, -0.1) is 11.3 Å². The van der Waals surface area contributed by atoms with Crippen molar-refractivity contribution in [3.63, 3.8) is 0 Å². The molecule has 0 fully saturated rings. The second-order valence-electron chi connectivity index (χ2n) is 4.63. The number of nitrogens with zero attached hydrogens (tertiary/aromatic N) is 1. The summed E-state index contributed by atoms with van der Waals surface area (Å²) in [7, 11) is -0.532. The second kappa shape index (κ2) is 7.12. The summed E-state index contributed by atoms with van der Waals surface area (Å²) in [4.78, 5) is 12.4. The Labute approximate surface area is 139 Å². The van der Waals surface area contributed by atoms with Crippen molar-refractivity contribution in [3.8, 4) is 11.5 Å². The number of esters is 1. The van der Waals surface area contributed by atoms with Crippen molar-refractivity contribution in [2.45, 2.75) is 11.8 Å². The van der Waals surface area contributed by atoms with E-state index >= 15 is 0 Å². The van der Waals surface area contributed by atoms with Gasteiger partial charge in [0.05, 0.1) is 12.0 Å². The number of thiophene rings is 1. The minimum Gasteiger partial charge on any atom is -0.497 e. The zero-order valence-electron chi connectivity index (χ0n) is 13.0. The van der Waals surface area contributed by atoms with Crippen LogP contribution in [-0.2, 0) is 10.0 Å². The summed E-state index contributed by atoms with van der Waals surface area (Å²) < 4.78 is 35.8. The average Bonchev–Trinajstić information content (AvgIpc) is 3.05. The Balaban J connectivity index is 2.15. The monoisotopic (exact) mass is 355 g/mol. The molecule has 0 unspecified atom stereocenters. The molecule has 0 amide bonds. The van der Waals surface area contributed by atoms with E-state index in [9.17, 15) is 13.2 Å². The molecule has 0 bridgehead atoms. The number of carbonyl (C=O) groups is 1. The summed E-state index contributed by atoms with van der Waals surface area (Å²) >= 11 is 1.03. The first-order valence-corrected chi connectivity index (χ1v) is 9.11. The van der Waals surface area contributed by atoms with Crippen LogP contribution in [0.25, 0.3) is 0 Å². The van der Waals surface area contributed by atoms with E-state index in [4.69, 9.17) is 9.47 Å². The van der Waals surface area contributed by atoms with Crippen LogP contribution in [0.5, 0.6) is 11.5 Å². The number of carbonyl (C=O) groups excluding carboxylic acids is 1. The molecule has 2 rings (SSSR count). The molecule has 0 aliphatic rings. The summed E-state index contributed by atoms with van der Waals surface area (Å²) in [5.41, 5.74) is 0. The first kappa shape index (κ1) is 17.5. The fraction of sp³-hybridized carbons (Fsp3) is 0.267. The van der Waals surface area contributed by atoms with Crippen molar-refractivity contribution in [3.05, 3.63) is 40.6 Å². The van der Waals surface area contributed by atoms with Gasteiger partial charge in [0.1, 0.15) is 16.4 Å². The molecular weight excluding hydrogens is 338 g/mol. The number of ether oxygens (including phenoxy) is 2. The van der Waals surface area contributed by atoms with Crippen molar-refractivity contribution in [2.24, 2.45) is 0 Å². The van der Waals surface area contributed by atoms with Crippen LogP contribution in [0.4, 0.5) is 0 Å². The molecule has 0 aliphatic carbocycles. The molecule has 0 N–H and O–H groups in total. The van der Waals surface area contributed by atoms with Crippen LogP contribution < -0.4 is 9.47 Å². The number of rotatable bonds is 6. The van der Waals surface area contributed by atoms with Gasteiger partial charge in [-0.1, -0.05) is 6.92 Å². The third-order valence-corrected chi connectivity index (χ3v) is 6.17. The van der Waals surface area contributed by atoms with E-state index in [-0.39, 0.29) is 9.77 Å². The third kappa shape index (κ3) is 3.90. The summed E-state index contributed by atoms with van der Waals surface area (Å²) in [6.07, 6.45) is 0. The Morgan fingerprint density at radius 2 is 1.83 bits per heavy atom. The maximum atomic E-state index is 12.2. The van der Waals surface area contributed by atoms with Gasteiger partial charge in [-0.2, -0.15) is 0 Å². The number of hydrogen-bond donors (Lipinski definition) is 0. The highest BCUT2D eigenvalue weighted by Crippen LogP contribution is 2.24. The average molecular weight is 355 g/mol. The normalized spacial score (nSPS) is 11.5. The van der Waals surface area contributed by atoms with E-state index in [0.717, 1.165) is 11.3 Å². The zero-order valence-corrected chi connectivity index (χ0v) is 14.6. The van der Waals surface area contributed by atoms with Gasteiger partial charge in [-0.3, -0.25) is 0 Å². The summed E-state index contributed by atoms with van der Waals surface area (Å²) in [5, 5.41) is 1.44. The fourth-order valence-electron chi connectivity index (χ4n) is 1.71. The van der Waals surface area contributed by atoms with Gasteiger partial charge in [0, 0.05) is 19.0 Å². The molecular formula is C15H17NO5S2. The van der Waals surface area contributed by atoms with Crippen LogP contribution in [0.2, 0.25) is 0 Å². The van der Waals surface area contributed by atoms with E-state index in [1.165, 1.54) is 22.8 Å². The lowest BCUT2D eigenvalue weighted by molar-refractivity contribution is 0.0739. The standard InChI is InChI=1S/C15H17NO5S2/c1-4-16(2)23(18,19)13-9-14(22-10-13)15(17)21-12-7-5-11(20-3)6-8-12/h5-10H,4H2,1-3H3. The van der Waals surface area contributed by atoms with E-state index in [2.05, 4.69) is 0 Å². The molecule has 6 nitrogen and oxygen atoms in total. The number of benzene rings is 1. The van der Waals surface area contributed by atoms with Gasteiger partial charge in [0.25, 0.3) is 0 Å². The lowest BCUT2D eigenvalue weighted by atomic mass is 10.3. The van der Waals surface area contributed by atoms with Crippen molar-refractivity contribution >= 4 is 27.3 Å². The van der Waals surface area contributed by atoms with E-state index in [0.29, 0.717) is 18.0 Å². The second-order valence-corrected chi connectivity index (χ2v) is 7.59. The Morgan fingerprint density at radius 1 is 1.22 bits per heavy atom. The summed E-state index contributed by atoms with van der Waals surface area (Å²) in [6.45, 7) is 2.09. The van der Waals surface area contributed by atoms with Gasteiger partial charge in [-0.05, 0) is 30.3 Å². The number of sulfonamides is 1. The van der Waals surface area contributed by atoms with Crippen LogP contribution >= 0.6 is 11.3 Å². The van der Waals surface area contributed by atoms with E-state index < -0.39 is 16.0 Å². The Bertz CT molecular complexity index is 780. The molecule has 1 aromatic heterocycles. The molecule has 8 heteroatoms. The van der Waals surface area contributed by atoms with Crippen LogP contribution in [0.1, 0.15) is 16.6 Å². The summed E-state index contributed by atoms with van der Waals surface area (Å²) in [5.74, 6) is 0.414. The van der Waals surface area contributed by atoms with Gasteiger partial charge in [0.15, 0.2) is 0 Å². The highest BCUT2D eigenvalue weighted by Gasteiger charge is 2.23. The fourth-order valence-corrected chi connectivity index (χ4v) is 4.03. The van der Waals surface area contributed by atoms with Crippen molar-refractivity contribution in [2.75, 3.05) is 20.7 Å². The van der Waals surface area contributed by atoms with Gasteiger partial charge in [-0.25, -0.2) is 17.5 Å². The molecule has 0 aliphatic heterocycles. The first-order chi connectivity index (χ1) is 10.9. The van der Waals surface area contributed by atoms with Crippen LogP contribution in [0, 0.1) is 0 Å². The zero-order chi connectivity index (χ0) is 17.0. The lowest BCUT2D eigenvalue weighted by Crippen LogP contribution is -2.26. The predicted molar refractivity (Wildman–Crippen MR) is 87.8 cm³/mol. The number of hydrogen-bond acceptors (Lipinski definition) is 6. The van der Waals surface area contributed by atoms with Gasteiger partial charge >= 0.3 is 5.97 Å². The SMILES string of the molecule is CCN(C)S(=O)(=O)c1csc(C(=O)Oc2ccc(OC)cc2)c1. The smallest absolute Gasteiger partial charge is 0.353 e. The van der Waals surface area contributed by atoms with E-state index in [1.807, 2.05) is 0 Å². The van der Waals surface area contributed by atoms with Gasteiger partial charge in [0.2, 0.25) is 10.0 Å². The molecule has 1 heterocycles. The minimum atomic E-state index is -3.56. The predicted octanol–water partition coefficient (Wildman–Crippen LogP) is 2.62. The largest absolute Gasteiger partial charge is 0.497 e. The van der Waals surface area contributed by atoms with Gasteiger partial charge < -0.3 is 9.47 Å². The maximum Gasteiger partial charge on any atom is 0.353 e. The van der Waals surface area contributed by atoms with Crippen LogP contribution in [-0.4, -0.2) is 39.4 Å². The molecule has 23 heavy (non-hydrogen) atoms. The Morgan fingerprint density at radius 3 is 2.39 bits per heavy atom. The first-order valence-electron chi connectivity index (χ1n) is 6.79. The summed E-state index contributed by atoms with van der Waals surface area (Å²) in [6, 6.07) is 7.88. The van der Waals surface area contributed by atoms with E-state index in [1.54, 1.807) is 38.3 Å². The maximum absolute atomic E-state index is 12.2. The third-order valence-electron chi connectivity index (χ3n) is 3.20. The molecule has 0 saturated heterocycles. The number of methoxy groups -OCH3 is 1. The minimum absolute atomic E-state index is 0.0912. The van der Waals surface area contributed by atoms with Crippen molar-refractivity contribution in [1.82, 2.24) is 4.31 Å². The van der Waals surface area contributed by atoms with Crippen molar-refractivity contribution < 1.29 is 22.7 Å². The van der Waals surface area contributed by atoms with Crippen molar-refractivity contribution in [1.29, 1.82) is 0 Å². The Kier molecular flexibility index (Phi) is 5.40. The molecule has 124 valence electrons. The Hall–Kier alpha value is -1.90. The molecule has 0 atom stereocenters. The topological polar surface area (TPSA) is 72.9 Å². The lowest BCUT2D eigenvalue weighted by Gasteiger charge is -2.12. The van der Waals surface area contributed by atoms with Crippen LogP contribution in [0.3, 0.4) is 0 Å². The molecule has 0 spiro atoms.